The number of thiophene rings is 1. The van der Waals surface area contributed by atoms with Crippen molar-refractivity contribution in [3.8, 4) is 0 Å². The highest BCUT2D eigenvalue weighted by atomic mass is 32.1. The number of fused-ring (bicyclic) bond motifs is 1. The van der Waals surface area contributed by atoms with E-state index in [9.17, 15) is 14.4 Å². The van der Waals surface area contributed by atoms with E-state index in [-0.39, 0.29) is 23.4 Å². The molecule has 0 bridgehead atoms. The Labute approximate surface area is 184 Å². The lowest BCUT2D eigenvalue weighted by atomic mass is 10.2. The number of hydrogen-bond acceptors (Lipinski definition) is 7. The van der Waals surface area contributed by atoms with E-state index in [1.165, 1.54) is 15.9 Å². The van der Waals surface area contributed by atoms with E-state index in [4.69, 9.17) is 9.47 Å². The van der Waals surface area contributed by atoms with Gasteiger partial charge in [0.25, 0.3) is 5.56 Å². The molecule has 1 saturated heterocycles. The summed E-state index contributed by atoms with van der Waals surface area (Å²) < 4.78 is 14.1. The molecule has 9 nitrogen and oxygen atoms in total. The Morgan fingerprint density at radius 3 is 2.61 bits per heavy atom. The Balaban J connectivity index is 1.65. The molecule has 1 aliphatic carbocycles. The number of nitrogens with one attached hydrogen (secondary N) is 2. The smallest absolute Gasteiger partial charge is 0.422 e. The Morgan fingerprint density at radius 2 is 2.00 bits per heavy atom. The van der Waals surface area contributed by atoms with Crippen molar-refractivity contribution < 1.29 is 14.3 Å². The average molecular weight is 451 g/mol. The number of hydrogen-bond donors (Lipinski definition) is 2. The zero-order valence-corrected chi connectivity index (χ0v) is 19.3. The van der Waals surface area contributed by atoms with Gasteiger partial charge in [0.15, 0.2) is 0 Å². The van der Waals surface area contributed by atoms with E-state index in [2.05, 4.69) is 10.9 Å². The second kappa shape index (κ2) is 8.40. The highest BCUT2D eigenvalue weighted by molar-refractivity contribution is 7.18. The van der Waals surface area contributed by atoms with Crippen molar-refractivity contribution in [3.05, 3.63) is 31.3 Å². The molecule has 0 radical (unpaired) electrons. The summed E-state index contributed by atoms with van der Waals surface area (Å²) in [7, 11) is 0. The Bertz CT molecular complexity index is 1100. The van der Waals surface area contributed by atoms with Gasteiger partial charge in [0, 0.05) is 24.1 Å². The van der Waals surface area contributed by atoms with Gasteiger partial charge in [-0.3, -0.25) is 19.4 Å². The summed E-state index contributed by atoms with van der Waals surface area (Å²) in [4.78, 5) is 39.9. The van der Waals surface area contributed by atoms with E-state index in [1.807, 2.05) is 6.92 Å². The molecule has 1 amide bonds. The van der Waals surface area contributed by atoms with Gasteiger partial charge < -0.3 is 9.47 Å². The van der Waals surface area contributed by atoms with Gasteiger partial charge in [0.2, 0.25) is 0 Å². The van der Waals surface area contributed by atoms with Crippen LogP contribution in [0.15, 0.2) is 9.59 Å². The molecule has 31 heavy (non-hydrogen) atoms. The summed E-state index contributed by atoms with van der Waals surface area (Å²) in [5.41, 5.74) is 5.17. The van der Waals surface area contributed by atoms with E-state index >= 15 is 0 Å². The molecule has 0 aromatic carbocycles. The molecule has 0 unspecified atom stereocenters. The van der Waals surface area contributed by atoms with Gasteiger partial charge in [-0.1, -0.05) is 0 Å². The summed E-state index contributed by atoms with van der Waals surface area (Å²) in [5.74, 6) is 0. The predicted octanol–water partition coefficient (Wildman–Crippen LogP) is 2.58. The molecule has 2 fully saturated rings. The molecule has 170 valence electrons. The van der Waals surface area contributed by atoms with Crippen LogP contribution in [0.4, 0.5) is 4.79 Å². The number of ether oxygens (including phenoxy) is 2. The Kier molecular flexibility index (Phi) is 5.97. The SMILES string of the molecule is Cc1c(CNNC(=O)OC(C)(C)C)sc2c1c(=O)n(C1CC1)c(=O)n2C[C@H]1CCCO1. The molecule has 10 heteroatoms. The maximum absolute atomic E-state index is 13.2. The minimum Gasteiger partial charge on any atom is -0.443 e. The average Bonchev–Trinajstić information content (AvgIpc) is 3.25. The second-order valence-corrected chi connectivity index (χ2v) is 10.3. The van der Waals surface area contributed by atoms with Gasteiger partial charge in [-0.05, 0) is 58.9 Å². The summed E-state index contributed by atoms with van der Waals surface area (Å²) in [6.07, 6.45) is 3.03. The number of rotatable bonds is 6. The summed E-state index contributed by atoms with van der Waals surface area (Å²) in [6, 6.07) is -0.00476. The summed E-state index contributed by atoms with van der Waals surface area (Å²) >= 11 is 1.41. The number of aromatic nitrogens is 2. The fourth-order valence-corrected chi connectivity index (χ4v) is 5.13. The van der Waals surface area contributed by atoms with E-state index in [1.54, 1.807) is 25.3 Å². The summed E-state index contributed by atoms with van der Waals surface area (Å²) in [5, 5.41) is 0.587. The highest BCUT2D eigenvalue weighted by Gasteiger charge is 2.31. The van der Waals surface area contributed by atoms with Crippen molar-refractivity contribution in [2.24, 2.45) is 0 Å². The van der Waals surface area contributed by atoms with Gasteiger partial charge in [0.1, 0.15) is 10.4 Å². The molecule has 0 spiro atoms. The van der Waals surface area contributed by atoms with E-state index in [0.717, 1.165) is 36.1 Å². The first-order chi connectivity index (χ1) is 14.7. The normalized spacial score (nSPS) is 19.2. The monoisotopic (exact) mass is 450 g/mol. The maximum Gasteiger partial charge on any atom is 0.422 e. The zero-order chi connectivity index (χ0) is 22.3. The van der Waals surface area contributed by atoms with Crippen LogP contribution >= 0.6 is 11.3 Å². The molecule has 2 aliphatic rings. The van der Waals surface area contributed by atoms with Crippen LogP contribution in [0.2, 0.25) is 0 Å². The van der Waals surface area contributed by atoms with Crippen LogP contribution in [-0.2, 0) is 22.6 Å². The molecule has 3 heterocycles. The quantitative estimate of drug-likeness (QED) is 0.656. The molecule has 1 atom stereocenters. The molecule has 2 N–H and O–H groups in total. The minimum atomic E-state index is -0.592. The fourth-order valence-electron chi connectivity index (χ4n) is 3.89. The predicted molar refractivity (Wildman–Crippen MR) is 119 cm³/mol. The molecule has 2 aromatic heterocycles. The van der Waals surface area contributed by atoms with Crippen molar-refractivity contribution in [2.75, 3.05) is 6.61 Å². The van der Waals surface area contributed by atoms with Crippen LogP contribution in [0.3, 0.4) is 0 Å². The minimum absolute atomic E-state index is 0.00476. The van der Waals surface area contributed by atoms with Crippen molar-refractivity contribution >= 4 is 27.6 Å². The second-order valence-electron chi connectivity index (χ2n) is 9.25. The highest BCUT2D eigenvalue weighted by Crippen LogP contribution is 2.34. The molecule has 1 saturated carbocycles. The number of carbonyl (C=O) groups excluding carboxylic acids is 1. The van der Waals surface area contributed by atoms with Gasteiger partial charge in [-0.25, -0.2) is 15.0 Å². The third-order valence-corrected chi connectivity index (χ3v) is 6.82. The molecule has 2 aromatic rings. The topological polar surface area (TPSA) is 104 Å². The van der Waals surface area contributed by atoms with Crippen molar-refractivity contribution in [1.82, 2.24) is 20.0 Å². The van der Waals surface area contributed by atoms with Crippen LogP contribution in [0.1, 0.15) is 62.9 Å². The first-order valence-electron chi connectivity index (χ1n) is 10.8. The largest absolute Gasteiger partial charge is 0.443 e. The number of amides is 1. The zero-order valence-electron chi connectivity index (χ0n) is 18.4. The van der Waals surface area contributed by atoms with E-state index in [0.29, 0.717) is 29.9 Å². The Hall–Kier alpha value is -2.17. The third-order valence-electron chi connectivity index (χ3n) is 5.50. The molecule has 4 rings (SSSR count). The first-order valence-corrected chi connectivity index (χ1v) is 11.6. The van der Waals surface area contributed by atoms with Crippen molar-refractivity contribution in [3.63, 3.8) is 0 Å². The Morgan fingerprint density at radius 1 is 1.26 bits per heavy atom. The number of nitrogens with zero attached hydrogens (tertiary/aromatic N) is 2. The van der Waals surface area contributed by atoms with Gasteiger partial charge >= 0.3 is 11.8 Å². The lowest BCUT2D eigenvalue weighted by Gasteiger charge is -2.19. The van der Waals surface area contributed by atoms with Crippen LogP contribution in [-0.4, -0.2) is 33.5 Å². The van der Waals surface area contributed by atoms with Crippen molar-refractivity contribution in [1.29, 1.82) is 0 Å². The van der Waals surface area contributed by atoms with Gasteiger partial charge in [-0.2, -0.15) is 0 Å². The van der Waals surface area contributed by atoms with Crippen LogP contribution in [0, 0.1) is 6.92 Å². The van der Waals surface area contributed by atoms with Crippen LogP contribution < -0.4 is 22.1 Å². The molecular formula is C21H30N4O5S. The van der Waals surface area contributed by atoms with Crippen molar-refractivity contribution in [2.45, 2.75) is 84.2 Å². The fraction of sp³-hybridized carbons (Fsp3) is 0.667. The molecular weight excluding hydrogens is 420 g/mol. The lowest BCUT2D eigenvalue weighted by Crippen LogP contribution is -2.41. The number of aryl methyl sites for hydroxylation is 1. The van der Waals surface area contributed by atoms with Crippen LogP contribution in [0.25, 0.3) is 10.2 Å². The van der Waals surface area contributed by atoms with Crippen LogP contribution in [0.5, 0.6) is 0 Å². The maximum atomic E-state index is 13.2. The van der Waals surface area contributed by atoms with Gasteiger partial charge in [-0.15, -0.1) is 11.3 Å². The standard InChI is InChI=1S/C21H30N4O5S/c1-12-15(10-22-23-19(27)30-21(2,3)4)31-18-16(12)17(26)25(13-7-8-13)20(28)24(18)11-14-6-5-9-29-14/h13-14,22H,5-11H2,1-4H3,(H,23,27)/t14-/m1/s1. The summed E-state index contributed by atoms with van der Waals surface area (Å²) in [6.45, 7) is 8.75. The first kappa shape index (κ1) is 22.0. The van der Waals surface area contributed by atoms with E-state index < -0.39 is 11.7 Å². The molecule has 1 aliphatic heterocycles. The number of carbonyl (C=O) groups is 1. The lowest BCUT2D eigenvalue weighted by molar-refractivity contribution is 0.0497. The third kappa shape index (κ3) is 4.70. The van der Waals surface area contributed by atoms with Gasteiger partial charge in [0.05, 0.1) is 18.0 Å². The number of hydrazine groups is 1.